The normalized spacial score (nSPS) is 11.3. The van der Waals surface area contributed by atoms with Crippen LogP contribution in [0.1, 0.15) is 51.9 Å². The fourth-order valence-corrected chi connectivity index (χ4v) is 1.74. The largest absolute Gasteiger partial charge is 0.370 e. The highest BCUT2D eigenvalue weighted by Gasteiger charge is 2.21. The molecule has 1 aromatic heterocycles. The SMILES string of the molecule is CCCNc1nc(C(C)(C)C)nc(NCCC(N)=O)c1C. The van der Waals surface area contributed by atoms with Crippen LogP contribution in [0.15, 0.2) is 0 Å². The number of hydrogen-bond donors (Lipinski definition) is 3. The Morgan fingerprint density at radius 3 is 2.10 bits per heavy atom. The summed E-state index contributed by atoms with van der Waals surface area (Å²) in [5.74, 6) is 2.05. The van der Waals surface area contributed by atoms with Crippen LogP contribution in [0, 0.1) is 6.92 Å². The topological polar surface area (TPSA) is 92.9 Å². The summed E-state index contributed by atoms with van der Waals surface area (Å²) in [6.07, 6.45) is 1.31. The molecule has 0 saturated carbocycles. The zero-order chi connectivity index (χ0) is 16.0. The van der Waals surface area contributed by atoms with Gasteiger partial charge in [0.1, 0.15) is 17.5 Å². The predicted octanol–water partition coefficient (Wildman–Crippen LogP) is 2.19. The molecule has 0 aliphatic rings. The number of amides is 1. The van der Waals surface area contributed by atoms with E-state index >= 15 is 0 Å². The van der Waals surface area contributed by atoms with Gasteiger partial charge in [-0.15, -0.1) is 0 Å². The minimum Gasteiger partial charge on any atom is -0.370 e. The number of rotatable bonds is 7. The highest BCUT2D eigenvalue weighted by atomic mass is 16.1. The number of primary amides is 1. The van der Waals surface area contributed by atoms with Crippen LogP contribution in [0.5, 0.6) is 0 Å². The monoisotopic (exact) mass is 293 g/mol. The molecule has 0 spiro atoms. The third kappa shape index (κ3) is 5.21. The fourth-order valence-electron chi connectivity index (χ4n) is 1.74. The van der Waals surface area contributed by atoms with Gasteiger partial charge in [-0.1, -0.05) is 27.7 Å². The average Bonchev–Trinajstić information content (AvgIpc) is 2.37. The van der Waals surface area contributed by atoms with Gasteiger partial charge in [0, 0.05) is 30.5 Å². The summed E-state index contributed by atoms with van der Waals surface area (Å²) in [5.41, 5.74) is 5.98. The maximum atomic E-state index is 10.8. The molecule has 0 unspecified atom stereocenters. The van der Waals surface area contributed by atoms with Crippen molar-refractivity contribution in [3.8, 4) is 0 Å². The van der Waals surface area contributed by atoms with Crippen molar-refractivity contribution in [2.45, 2.75) is 52.9 Å². The van der Waals surface area contributed by atoms with Crippen LogP contribution in [0.3, 0.4) is 0 Å². The number of hydrogen-bond acceptors (Lipinski definition) is 5. The average molecular weight is 293 g/mol. The summed E-state index contributed by atoms with van der Waals surface area (Å²) in [7, 11) is 0. The van der Waals surface area contributed by atoms with Crippen LogP contribution >= 0.6 is 0 Å². The molecule has 0 atom stereocenters. The number of nitrogens with zero attached hydrogens (tertiary/aromatic N) is 2. The van der Waals surface area contributed by atoms with Crippen LogP contribution in [-0.4, -0.2) is 29.0 Å². The summed E-state index contributed by atoms with van der Waals surface area (Å²) in [4.78, 5) is 20.1. The van der Waals surface area contributed by atoms with Crippen LogP contribution < -0.4 is 16.4 Å². The fraction of sp³-hybridized carbons (Fsp3) is 0.667. The van der Waals surface area contributed by atoms with Crippen molar-refractivity contribution in [3.63, 3.8) is 0 Å². The summed E-state index contributed by atoms with van der Waals surface area (Å²) < 4.78 is 0. The van der Waals surface area contributed by atoms with Gasteiger partial charge in [-0.05, 0) is 13.3 Å². The van der Waals surface area contributed by atoms with E-state index in [9.17, 15) is 4.79 Å². The zero-order valence-electron chi connectivity index (χ0n) is 13.7. The Balaban J connectivity index is 3.05. The molecule has 1 amide bonds. The Labute approximate surface area is 126 Å². The predicted molar refractivity (Wildman–Crippen MR) is 86.6 cm³/mol. The summed E-state index contributed by atoms with van der Waals surface area (Å²) >= 11 is 0. The number of aromatic nitrogens is 2. The highest BCUT2D eigenvalue weighted by molar-refractivity contribution is 5.74. The molecule has 0 fully saturated rings. The van der Waals surface area contributed by atoms with Crippen LogP contribution in [-0.2, 0) is 10.2 Å². The van der Waals surface area contributed by atoms with Crippen LogP contribution in [0.25, 0.3) is 0 Å². The van der Waals surface area contributed by atoms with Gasteiger partial charge >= 0.3 is 0 Å². The first-order valence-corrected chi connectivity index (χ1v) is 7.40. The third-order valence-electron chi connectivity index (χ3n) is 3.02. The summed E-state index contributed by atoms with van der Waals surface area (Å²) in [5, 5.41) is 6.51. The zero-order valence-corrected chi connectivity index (χ0v) is 13.7. The van der Waals surface area contributed by atoms with E-state index in [0.29, 0.717) is 6.54 Å². The molecule has 0 aliphatic heterocycles. The summed E-state index contributed by atoms with van der Waals surface area (Å²) in [6, 6.07) is 0. The molecule has 0 aliphatic carbocycles. The van der Waals surface area contributed by atoms with Gasteiger partial charge in [0.05, 0.1) is 0 Å². The lowest BCUT2D eigenvalue weighted by Crippen LogP contribution is -2.21. The molecule has 1 aromatic rings. The van der Waals surface area contributed by atoms with Crippen molar-refractivity contribution >= 4 is 17.5 Å². The second-order valence-electron chi connectivity index (χ2n) is 6.19. The number of nitrogens with one attached hydrogen (secondary N) is 2. The van der Waals surface area contributed by atoms with Gasteiger partial charge in [0.2, 0.25) is 5.91 Å². The van der Waals surface area contributed by atoms with Crippen molar-refractivity contribution in [3.05, 3.63) is 11.4 Å². The van der Waals surface area contributed by atoms with Gasteiger partial charge in [-0.25, -0.2) is 9.97 Å². The second kappa shape index (κ2) is 7.24. The molecule has 0 saturated heterocycles. The van der Waals surface area contributed by atoms with E-state index in [2.05, 4.69) is 48.3 Å². The number of carbonyl (C=O) groups excluding carboxylic acids is 1. The van der Waals surface area contributed by atoms with E-state index in [-0.39, 0.29) is 17.7 Å². The van der Waals surface area contributed by atoms with E-state index in [1.807, 2.05) is 6.92 Å². The lowest BCUT2D eigenvalue weighted by molar-refractivity contribution is -0.117. The molecule has 118 valence electrons. The van der Waals surface area contributed by atoms with E-state index < -0.39 is 0 Å². The molecule has 21 heavy (non-hydrogen) atoms. The van der Waals surface area contributed by atoms with E-state index in [1.54, 1.807) is 0 Å². The molecule has 4 N–H and O–H groups in total. The highest BCUT2D eigenvalue weighted by Crippen LogP contribution is 2.26. The first-order valence-electron chi connectivity index (χ1n) is 7.40. The van der Waals surface area contributed by atoms with Gasteiger partial charge in [-0.3, -0.25) is 4.79 Å². The Morgan fingerprint density at radius 1 is 1.14 bits per heavy atom. The standard InChI is InChI=1S/C15H27N5O/c1-6-8-17-12-10(2)13(18-9-7-11(16)21)20-14(19-12)15(3,4)5/h6-9H2,1-5H3,(H2,16,21)(H2,17,18,19,20). The molecule has 6 heteroatoms. The molecule has 0 radical (unpaired) electrons. The maximum absolute atomic E-state index is 10.8. The van der Waals surface area contributed by atoms with Gasteiger partial charge < -0.3 is 16.4 Å². The van der Waals surface area contributed by atoms with Gasteiger partial charge in [0.25, 0.3) is 0 Å². The Bertz CT molecular complexity index is 494. The van der Waals surface area contributed by atoms with E-state index in [4.69, 9.17) is 5.73 Å². The molecule has 1 heterocycles. The quantitative estimate of drug-likeness (QED) is 0.716. The Morgan fingerprint density at radius 2 is 1.67 bits per heavy atom. The number of anilines is 2. The van der Waals surface area contributed by atoms with E-state index in [1.165, 1.54) is 0 Å². The molecule has 0 aromatic carbocycles. The Hall–Kier alpha value is -1.85. The minimum atomic E-state index is -0.324. The molecule has 6 nitrogen and oxygen atoms in total. The van der Waals surface area contributed by atoms with E-state index in [0.717, 1.165) is 36.0 Å². The lowest BCUT2D eigenvalue weighted by atomic mass is 9.95. The second-order valence-corrected chi connectivity index (χ2v) is 6.19. The minimum absolute atomic E-state index is 0.142. The van der Waals surface area contributed by atoms with Crippen molar-refractivity contribution in [1.29, 1.82) is 0 Å². The van der Waals surface area contributed by atoms with Gasteiger partial charge in [0.15, 0.2) is 0 Å². The number of carbonyl (C=O) groups is 1. The van der Waals surface area contributed by atoms with Gasteiger partial charge in [-0.2, -0.15) is 0 Å². The number of nitrogens with two attached hydrogens (primary N) is 1. The van der Waals surface area contributed by atoms with Crippen LogP contribution in [0.2, 0.25) is 0 Å². The lowest BCUT2D eigenvalue weighted by Gasteiger charge is -2.21. The van der Waals surface area contributed by atoms with Crippen molar-refractivity contribution in [1.82, 2.24) is 9.97 Å². The Kier molecular flexibility index (Phi) is 5.93. The summed E-state index contributed by atoms with van der Waals surface area (Å²) in [6.45, 7) is 11.7. The maximum Gasteiger partial charge on any atom is 0.219 e. The van der Waals surface area contributed by atoms with Crippen LogP contribution in [0.4, 0.5) is 11.6 Å². The first-order chi connectivity index (χ1) is 9.75. The molecular weight excluding hydrogens is 266 g/mol. The molecular formula is C15H27N5O. The van der Waals surface area contributed by atoms with Crippen molar-refractivity contribution in [2.75, 3.05) is 23.7 Å². The van der Waals surface area contributed by atoms with Crippen molar-refractivity contribution < 1.29 is 4.79 Å². The first kappa shape index (κ1) is 17.2. The smallest absolute Gasteiger partial charge is 0.219 e. The third-order valence-corrected chi connectivity index (χ3v) is 3.02. The molecule has 1 rings (SSSR count). The van der Waals surface area contributed by atoms with Crippen molar-refractivity contribution in [2.24, 2.45) is 5.73 Å². The molecule has 0 bridgehead atoms.